The zero-order valence-corrected chi connectivity index (χ0v) is 11.4. The first-order valence-electron chi connectivity index (χ1n) is 7.07. The van der Waals surface area contributed by atoms with Gasteiger partial charge in [0.05, 0.1) is 0 Å². The molecular formula is C15H23N3. The van der Waals surface area contributed by atoms with E-state index < -0.39 is 0 Å². The van der Waals surface area contributed by atoms with Gasteiger partial charge in [-0.1, -0.05) is 19.9 Å². The van der Waals surface area contributed by atoms with Gasteiger partial charge in [0.1, 0.15) is 5.82 Å². The van der Waals surface area contributed by atoms with Crippen molar-refractivity contribution in [2.45, 2.75) is 45.2 Å². The summed E-state index contributed by atoms with van der Waals surface area (Å²) in [5, 5.41) is 3.81. The predicted octanol–water partition coefficient (Wildman–Crippen LogP) is 2.44. The number of anilines is 1. The maximum atomic E-state index is 4.43. The third-order valence-corrected chi connectivity index (χ3v) is 4.42. The van der Waals surface area contributed by atoms with Crippen LogP contribution in [0.4, 0.5) is 5.82 Å². The summed E-state index contributed by atoms with van der Waals surface area (Å²) in [7, 11) is 0. The summed E-state index contributed by atoms with van der Waals surface area (Å²) in [4.78, 5) is 6.83. The maximum absolute atomic E-state index is 4.43. The van der Waals surface area contributed by atoms with Gasteiger partial charge >= 0.3 is 0 Å². The molecule has 3 heteroatoms. The smallest absolute Gasteiger partial charge is 0.128 e. The van der Waals surface area contributed by atoms with Gasteiger partial charge in [-0.25, -0.2) is 4.98 Å². The van der Waals surface area contributed by atoms with E-state index in [1.165, 1.54) is 19.3 Å². The molecule has 0 bridgehead atoms. The number of hydrogen-bond acceptors (Lipinski definition) is 3. The molecule has 1 aliphatic carbocycles. The van der Waals surface area contributed by atoms with Crippen molar-refractivity contribution in [2.75, 3.05) is 18.0 Å². The van der Waals surface area contributed by atoms with Crippen LogP contribution in [0.3, 0.4) is 0 Å². The Morgan fingerprint density at radius 3 is 2.56 bits per heavy atom. The third kappa shape index (κ3) is 2.51. The fourth-order valence-electron chi connectivity index (χ4n) is 2.85. The summed E-state index contributed by atoms with van der Waals surface area (Å²) < 4.78 is 0. The summed E-state index contributed by atoms with van der Waals surface area (Å²) in [6.07, 6.45) is 5.70. The monoisotopic (exact) mass is 245 g/mol. The largest absolute Gasteiger partial charge is 0.357 e. The Morgan fingerprint density at radius 2 is 2.00 bits per heavy atom. The SMILES string of the molecule is CC1(C)CC1NC1CCN(c2ccccn2)CC1. The molecule has 0 spiro atoms. The fourth-order valence-corrected chi connectivity index (χ4v) is 2.85. The Bertz CT molecular complexity index is 393. The molecule has 1 aromatic rings. The molecule has 3 rings (SSSR count). The lowest BCUT2D eigenvalue weighted by atomic mass is 10.0. The molecule has 1 saturated carbocycles. The second kappa shape index (κ2) is 4.54. The molecule has 1 aromatic heterocycles. The van der Waals surface area contributed by atoms with Crippen LogP contribution in [0.5, 0.6) is 0 Å². The van der Waals surface area contributed by atoms with Crippen LogP contribution in [0.15, 0.2) is 24.4 Å². The van der Waals surface area contributed by atoms with Crippen molar-refractivity contribution >= 4 is 5.82 Å². The second-order valence-electron chi connectivity index (χ2n) is 6.36. The van der Waals surface area contributed by atoms with Crippen molar-refractivity contribution in [3.8, 4) is 0 Å². The van der Waals surface area contributed by atoms with Crippen LogP contribution in [0.2, 0.25) is 0 Å². The predicted molar refractivity (Wildman–Crippen MR) is 74.8 cm³/mol. The van der Waals surface area contributed by atoms with E-state index in [1.54, 1.807) is 0 Å². The molecule has 0 amide bonds. The summed E-state index contributed by atoms with van der Waals surface area (Å²) in [5.74, 6) is 1.13. The third-order valence-electron chi connectivity index (χ3n) is 4.42. The average Bonchev–Trinajstić information content (AvgIpc) is 2.98. The average molecular weight is 245 g/mol. The number of aromatic nitrogens is 1. The van der Waals surface area contributed by atoms with E-state index in [4.69, 9.17) is 0 Å². The van der Waals surface area contributed by atoms with Crippen LogP contribution in [0.1, 0.15) is 33.1 Å². The Hall–Kier alpha value is -1.09. The Morgan fingerprint density at radius 1 is 1.28 bits per heavy atom. The molecule has 2 fully saturated rings. The van der Waals surface area contributed by atoms with Crippen LogP contribution < -0.4 is 10.2 Å². The molecular weight excluding hydrogens is 222 g/mol. The first-order valence-corrected chi connectivity index (χ1v) is 7.07. The Labute approximate surface area is 110 Å². The number of nitrogens with zero attached hydrogens (tertiary/aromatic N) is 2. The zero-order chi connectivity index (χ0) is 12.6. The van der Waals surface area contributed by atoms with E-state index in [9.17, 15) is 0 Å². The van der Waals surface area contributed by atoms with Gasteiger partial charge in [0.2, 0.25) is 0 Å². The van der Waals surface area contributed by atoms with Gasteiger partial charge in [-0.3, -0.25) is 0 Å². The van der Waals surface area contributed by atoms with E-state index in [2.05, 4.69) is 41.2 Å². The first-order chi connectivity index (χ1) is 8.65. The van der Waals surface area contributed by atoms with Crippen molar-refractivity contribution in [3.63, 3.8) is 0 Å². The molecule has 2 heterocycles. The standard InChI is InChI=1S/C15H23N3/c1-15(2)11-13(15)17-12-6-9-18(10-7-12)14-5-3-4-8-16-14/h3-5,8,12-13,17H,6-7,9-11H2,1-2H3. The van der Waals surface area contributed by atoms with Gasteiger partial charge in [-0.15, -0.1) is 0 Å². The topological polar surface area (TPSA) is 28.2 Å². The first kappa shape index (κ1) is 12.0. The number of piperidine rings is 1. The molecule has 1 N–H and O–H groups in total. The quantitative estimate of drug-likeness (QED) is 0.886. The minimum absolute atomic E-state index is 0.540. The van der Waals surface area contributed by atoms with Crippen molar-refractivity contribution in [2.24, 2.45) is 5.41 Å². The highest BCUT2D eigenvalue weighted by Gasteiger charge is 2.46. The molecule has 1 atom stereocenters. The number of hydrogen-bond donors (Lipinski definition) is 1. The molecule has 18 heavy (non-hydrogen) atoms. The Balaban J connectivity index is 1.50. The van der Waals surface area contributed by atoms with E-state index in [1.807, 2.05) is 12.3 Å². The van der Waals surface area contributed by atoms with Gasteiger partial charge in [-0.2, -0.15) is 0 Å². The molecule has 1 aliphatic heterocycles. The van der Waals surface area contributed by atoms with Crippen molar-refractivity contribution < 1.29 is 0 Å². The van der Waals surface area contributed by atoms with Crippen LogP contribution in [0, 0.1) is 5.41 Å². The number of nitrogens with one attached hydrogen (secondary N) is 1. The van der Waals surface area contributed by atoms with Crippen LogP contribution in [0.25, 0.3) is 0 Å². The summed E-state index contributed by atoms with van der Waals surface area (Å²) in [6.45, 7) is 6.96. The van der Waals surface area contributed by atoms with Gasteiger partial charge in [0, 0.05) is 31.4 Å². The second-order valence-corrected chi connectivity index (χ2v) is 6.36. The van der Waals surface area contributed by atoms with E-state index >= 15 is 0 Å². The summed E-state index contributed by atoms with van der Waals surface area (Å²) >= 11 is 0. The van der Waals surface area contributed by atoms with Crippen LogP contribution >= 0.6 is 0 Å². The molecule has 98 valence electrons. The zero-order valence-electron chi connectivity index (χ0n) is 11.4. The molecule has 1 unspecified atom stereocenters. The van der Waals surface area contributed by atoms with Crippen molar-refractivity contribution in [3.05, 3.63) is 24.4 Å². The highest BCUT2D eigenvalue weighted by atomic mass is 15.2. The van der Waals surface area contributed by atoms with E-state index in [0.29, 0.717) is 11.5 Å². The fraction of sp³-hybridized carbons (Fsp3) is 0.667. The summed E-state index contributed by atoms with van der Waals surface area (Å²) in [5.41, 5.74) is 0.540. The van der Waals surface area contributed by atoms with Gasteiger partial charge in [0.25, 0.3) is 0 Å². The number of pyridine rings is 1. The highest BCUT2D eigenvalue weighted by molar-refractivity contribution is 5.38. The Kier molecular flexibility index (Phi) is 3.02. The molecule has 0 radical (unpaired) electrons. The molecule has 0 aromatic carbocycles. The minimum Gasteiger partial charge on any atom is -0.357 e. The molecule has 2 aliphatic rings. The maximum Gasteiger partial charge on any atom is 0.128 e. The van der Waals surface area contributed by atoms with Gasteiger partial charge < -0.3 is 10.2 Å². The lowest BCUT2D eigenvalue weighted by Crippen LogP contribution is -2.44. The van der Waals surface area contributed by atoms with Crippen LogP contribution in [-0.2, 0) is 0 Å². The highest BCUT2D eigenvalue weighted by Crippen LogP contribution is 2.45. The minimum atomic E-state index is 0.540. The number of rotatable bonds is 3. The van der Waals surface area contributed by atoms with Crippen molar-refractivity contribution in [1.82, 2.24) is 10.3 Å². The molecule has 1 saturated heterocycles. The van der Waals surface area contributed by atoms with E-state index in [-0.39, 0.29) is 0 Å². The van der Waals surface area contributed by atoms with E-state index in [0.717, 1.165) is 24.9 Å². The lowest BCUT2D eigenvalue weighted by molar-refractivity contribution is 0.389. The van der Waals surface area contributed by atoms with Crippen LogP contribution in [-0.4, -0.2) is 30.2 Å². The molecule has 3 nitrogen and oxygen atoms in total. The van der Waals surface area contributed by atoms with Gasteiger partial charge in [-0.05, 0) is 36.8 Å². The van der Waals surface area contributed by atoms with Gasteiger partial charge in [0.15, 0.2) is 0 Å². The van der Waals surface area contributed by atoms with Crippen molar-refractivity contribution in [1.29, 1.82) is 0 Å². The normalized spacial score (nSPS) is 27.2. The summed E-state index contributed by atoms with van der Waals surface area (Å²) in [6, 6.07) is 7.62. The lowest BCUT2D eigenvalue weighted by Gasteiger charge is -2.33.